The highest BCUT2D eigenvalue weighted by molar-refractivity contribution is 7.99. The number of pyridine rings is 1. The maximum atomic E-state index is 12.4. The first-order valence-electron chi connectivity index (χ1n) is 8.68. The Hall–Kier alpha value is -2.87. The minimum atomic E-state index is -0.0710. The Morgan fingerprint density at radius 2 is 2.04 bits per heavy atom. The van der Waals surface area contributed by atoms with Crippen molar-refractivity contribution in [3.8, 4) is 11.4 Å². The zero-order valence-electron chi connectivity index (χ0n) is 15.3. The molecule has 3 aromatic rings. The molecule has 27 heavy (non-hydrogen) atoms. The highest BCUT2D eigenvalue weighted by Crippen LogP contribution is 2.21. The van der Waals surface area contributed by atoms with Crippen molar-refractivity contribution in [3.05, 3.63) is 59.9 Å². The summed E-state index contributed by atoms with van der Waals surface area (Å²) in [5, 5.41) is 11.7. The first kappa shape index (κ1) is 18.9. The number of amides is 1. The Morgan fingerprint density at radius 1 is 1.26 bits per heavy atom. The van der Waals surface area contributed by atoms with Crippen LogP contribution in [-0.2, 0) is 4.79 Å². The number of nitrogen functional groups attached to an aromatic ring is 1. The molecule has 8 heteroatoms. The number of aromatic nitrogens is 4. The summed E-state index contributed by atoms with van der Waals surface area (Å²) in [5.41, 5.74) is 3.07. The van der Waals surface area contributed by atoms with E-state index in [0.717, 1.165) is 17.5 Å². The Bertz CT molecular complexity index is 894. The molecule has 2 aromatic heterocycles. The lowest BCUT2D eigenvalue weighted by molar-refractivity contribution is -0.119. The van der Waals surface area contributed by atoms with Gasteiger partial charge >= 0.3 is 0 Å². The molecule has 0 aliphatic carbocycles. The number of carbonyl (C=O) groups excluding carboxylic acids is 1. The molecule has 0 saturated carbocycles. The van der Waals surface area contributed by atoms with Crippen LogP contribution in [0.2, 0.25) is 0 Å². The third-order valence-corrected chi connectivity index (χ3v) is 5.08. The van der Waals surface area contributed by atoms with Crippen LogP contribution < -0.4 is 11.2 Å². The number of thioether (sulfide) groups is 1. The summed E-state index contributed by atoms with van der Waals surface area (Å²) in [4.78, 5) is 16.4. The van der Waals surface area contributed by atoms with Gasteiger partial charge in [-0.1, -0.05) is 48.5 Å². The van der Waals surface area contributed by atoms with Gasteiger partial charge in [-0.2, -0.15) is 0 Å². The molecular weight excluding hydrogens is 360 g/mol. The highest BCUT2D eigenvalue weighted by atomic mass is 32.2. The molecule has 1 atom stereocenters. The maximum absolute atomic E-state index is 12.4. The largest absolute Gasteiger partial charge is 0.349 e. The third kappa shape index (κ3) is 4.65. The van der Waals surface area contributed by atoms with Crippen molar-refractivity contribution < 1.29 is 4.79 Å². The summed E-state index contributed by atoms with van der Waals surface area (Å²) in [6, 6.07) is 11.8. The fraction of sp³-hybridized carbons (Fsp3) is 0.263. The standard InChI is InChI=1S/C19H22N6OS/c1-3-16(14-8-6-13(2)7-9-14)22-17(26)12-27-19-24-23-18(25(19)20)15-5-4-10-21-11-15/h4-11,16H,3,12,20H2,1-2H3,(H,22,26)/t16-/m1/s1. The predicted octanol–water partition coefficient (Wildman–Crippen LogP) is 2.72. The van der Waals surface area contributed by atoms with Crippen molar-refractivity contribution in [2.24, 2.45) is 0 Å². The fourth-order valence-electron chi connectivity index (χ4n) is 2.65. The van der Waals surface area contributed by atoms with Crippen LogP contribution in [-0.4, -0.2) is 31.5 Å². The van der Waals surface area contributed by atoms with Crippen LogP contribution in [0.15, 0.2) is 53.9 Å². The molecular formula is C19H22N6OS. The van der Waals surface area contributed by atoms with Gasteiger partial charge in [-0.25, -0.2) is 4.68 Å². The molecule has 2 heterocycles. The first-order chi connectivity index (χ1) is 13.1. The number of rotatable bonds is 7. The summed E-state index contributed by atoms with van der Waals surface area (Å²) in [5.74, 6) is 6.72. The normalized spacial score (nSPS) is 11.9. The van der Waals surface area contributed by atoms with Gasteiger partial charge in [0.15, 0.2) is 5.82 Å². The number of hydrogen-bond donors (Lipinski definition) is 2. The Kier molecular flexibility index (Phi) is 6.08. The van der Waals surface area contributed by atoms with Gasteiger partial charge in [-0.15, -0.1) is 10.2 Å². The zero-order chi connectivity index (χ0) is 19.2. The number of nitrogens with one attached hydrogen (secondary N) is 1. The van der Waals surface area contributed by atoms with Crippen molar-refractivity contribution in [2.75, 3.05) is 11.6 Å². The summed E-state index contributed by atoms with van der Waals surface area (Å²) in [6.07, 6.45) is 4.17. The van der Waals surface area contributed by atoms with E-state index < -0.39 is 0 Å². The van der Waals surface area contributed by atoms with Gasteiger partial charge in [0.2, 0.25) is 11.1 Å². The lowest BCUT2D eigenvalue weighted by Crippen LogP contribution is -2.29. The van der Waals surface area contributed by atoms with Crippen LogP contribution in [0.4, 0.5) is 0 Å². The maximum Gasteiger partial charge on any atom is 0.230 e. The zero-order valence-corrected chi connectivity index (χ0v) is 16.1. The molecule has 0 unspecified atom stereocenters. The van der Waals surface area contributed by atoms with Gasteiger partial charge in [0.25, 0.3) is 0 Å². The van der Waals surface area contributed by atoms with Gasteiger partial charge in [0, 0.05) is 18.0 Å². The van der Waals surface area contributed by atoms with Crippen molar-refractivity contribution in [2.45, 2.75) is 31.5 Å². The van der Waals surface area contributed by atoms with Gasteiger partial charge < -0.3 is 11.2 Å². The molecule has 0 saturated heterocycles. The van der Waals surface area contributed by atoms with Crippen LogP contribution in [0.5, 0.6) is 0 Å². The number of aryl methyl sites for hydroxylation is 1. The number of nitrogens with zero attached hydrogens (tertiary/aromatic N) is 4. The Morgan fingerprint density at radius 3 is 2.70 bits per heavy atom. The second-order valence-electron chi connectivity index (χ2n) is 6.15. The molecule has 3 rings (SSSR count). The average molecular weight is 382 g/mol. The molecule has 1 amide bonds. The predicted molar refractivity (Wildman–Crippen MR) is 106 cm³/mol. The Balaban J connectivity index is 1.60. The summed E-state index contributed by atoms with van der Waals surface area (Å²) in [7, 11) is 0. The van der Waals surface area contributed by atoms with Crippen LogP contribution in [0.1, 0.15) is 30.5 Å². The topological polar surface area (TPSA) is 98.7 Å². The first-order valence-corrected chi connectivity index (χ1v) is 9.66. The van der Waals surface area contributed by atoms with Crippen molar-refractivity contribution >= 4 is 17.7 Å². The monoisotopic (exact) mass is 382 g/mol. The second-order valence-corrected chi connectivity index (χ2v) is 7.09. The van der Waals surface area contributed by atoms with Crippen molar-refractivity contribution in [3.63, 3.8) is 0 Å². The van der Waals surface area contributed by atoms with Crippen LogP contribution in [0.3, 0.4) is 0 Å². The number of nitrogens with two attached hydrogens (primary N) is 1. The minimum Gasteiger partial charge on any atom is -0.349 e. The van der Waals surface area contributed by atoms with E-state index in [1.807, 2.05) is 25.1 Å². The van der Waals surface area contributed by atoms with Crippen LogP contribution in [0.25, 0.3) is 11.4 Å². The Labute approximate surface area is 162 Å². The number of carbonyl (C=O) groups is 1. The van der Waals surface area contributed by atoms with E-state index >= 15 is 0 Å². The quantitative estimate of drug-likeness (QED) is 0.481. The molecule has 3 N–H and O–H groups in total. The van der Waals surface area contributed by atoms with E-state index in [-0.39, 0.29) is 17.7 Å². The van der Waals surface area contributed by atoms with Gasteiger partial charge in [-0.3, -0.25) is 9.78 Å². The molecule has 0 aliphatic rings. The molecule has 1 aromatic carbocycles. The van der Waals surface area contributed by atoms with Crippen LogP contribution >= 0.6 is 11.8 Å². The van der Waals surface area contributed by atoms with Gasteiger partial charge in [0.05, 0.1) is 11.8 Å². The molecule has 0 spiro atoms. The van der Waals surface area contributed by atoms with Gasteiger partial charge in [-0.05, 0) is 31.0 Å². The van der Waals surface area contributed by atoms with Crippen molar-refractivity contribution in [1.82, 2.24) is 25.2 Å². The molecule has 0 fully saturated rings. The molecule has 0 bridgehead atoms. The molecule has 0 radical (unpaired) electrons. The van der Waals surface area contributed by atoms with E-state index in [2.05, 4.69) is 39.6 Å². The van der Waals surface area contributed by atoms with E-state index in [9.17, 15) is 4.79 Å². The SMILES string of the molecule is CC[C@@H](NC(=O)CSc1nnc(-c2cccnc2)n1N)c1ccc(C)cc1. The number of hydrogen-bond acceptors (Lipinski definition) is 6. The smallest absolute Gasteiger partial charge is 0.230 e. The van der Waals surface area contributed by atoms with Gasteiger partial charge in [0.1, 0.15) is 0 Å². The lowest BCUT2D eigenvalue weighted by atomic mass is 10.0. The number of benzene rings is 1. The lowest BCUT2D eigenvalue weighted by Gasteiger charge is -2.17. The molecule has 7 nitrogen and oxygen atoms in total. The van der Waals surface area contributed by atoms with E-state index in [1.165, 1.54) is 22.0 Å². The second kappa shape index (κ2) is 8.68. The summed E-state index contributed by atoms with van der Waals surface area (Å²) < 4.78 is 1.38. The minimum absolute atomic E-state index is 0.0135. The highest BCUT2D eigenvalue weighted by Gasteiger charge is 2.16. The van der Waals surface area contributed by atoms with E-state index in [4.69, 9.17) is 5.84 Å². The molecule has 140 valence electrons. The summed E-state index contributed by atoms with van der Waals surface area (Å²) in [6.45, 7) is 4.09. The van der Waals surface area contributed by atoms with Crippen molar-refractivity contribution in [1.29, 1.82) is 0 Å². The fourth-order valence-corrected chi connectivity index (χ4v) is 3.32. The molecule has 0 aliphatic heterocycles. The average Bonchev–Trinajstić information content (AvgIpc) is 3.06. The van der Waals surface area contributed by atoms with Crippen LogP contribution in [0, 0.1) is 6.92 Å². The third-order valence-electron chi connectivity index (χ3n) is 4.14. The van der Waals surface area contributed by atoms with E-state index in [0.29, 0.717) is 11.0 Å². The van der Waals surface area contributed by atoms with E-state index in [1.54, 1.807) is 18.5 Å². The summed E-state index contributed by atoms with van der Waals surface area (Å²) >= 11 is 1.25.